The summed E-state index contributed by atoms with van der Waals surface area (Å²) in [5, 5.41) is 28.1. The van der Waals surface area contributed by atoms with Crippen molar-refractivity contribution >= 4 is 17.3 Å². The van der Waals surface area contributed by atoms with Gasteiger partial charge < -0.3 is 14.9 Å². The maximum absolute atomic E-state index is 13.5. The van der Waals surface area contributed by atoms with Gasteiger partial charge in [-0.05, 0) is 39.5 Å². The van der Waals surface area contributed by atoms with E-state index in [4.69, 9.17) is 4.74 Å². The van der Waals surface area contributed by atoms with Gasteiger partial charge in [-0.2, -0.15) is 0 Å². The number of aromatic nitrogens is 2. The Bertz CT molecular complexity index is 883. The first kappa shape index (κ1) is 21.6. The second-order valence-electron chi connectivity index (χ2n) is 9.04. The number of ether oxygens (including phenoxy) is 1. The van der Waals surface area contributed by atoms with E-state index < -0.39 is 23.2 Å². The highest BCUT2D eigenvalue weighted by Crippen LogP contribution is 2.54. The molecule has 3 rings (SSSR count). The molecule has 7 nitrogen and oxygen atoms in total. The predicted molar refractivity (Wildman–Crippen MR) is 112 cm³/mol. The monoisotopic (exact) mass is 421 g/mol. The number of nitrogens with zero attached hydrogens (tertiary/aromatic N) is 2. The average Bonchev–Trinajstić information content (AvgIpc) is 3.27. The smallest absolute Gasteiger partial charge is 0.331 e. The molecule has 0 saturated carbocycles. The number of nitrogens with one attached hydrogen (secondary N) is 1. The average molecular weight is 422 g/mol. The van der Waals surface area contributed by atoms with E-state index in [2.05, 4.69) is 10.3 Å². The van der Waals surface area contributed by atoms with Gasteiger partial charge in [0.15, 0.2) is 11.8 Å². The zero-order valence-electron chi connectivity index (χ0n) is 17.9. The third-order valence-electron chi connectivity index (χ3n) is 4.96. The molecular weight excluding hydrogens is 390 g/mol. The van der Waals surface area contributed by atoms with E-state index in [-0.39, 0.29) is 17.7 Å². The van der Waals surface area contributed by atoms with Crippen molar-refractivity contribution in [2.75, 3.05) is 0 Å². The zero-order valence-corrected chi connectivity index (χ0v) is 18.8. The molecule has 2 aromatic rings. The Morgan fingerprint density at radius 3 is 2.59 bits per heavy atom. The molecule has 3 heterocycles. The van der Waals surface area contributed by atoms with Crippen LogP contribution in [-0.2, 0) is 21.6 Å². The summed E-state index contributed by atoms with van der Waals surface area (Å²) in [4.78, 5) is 17.9. The number of fused-ring (bicyclic) bond motifs is 1. The minimum Gasteiger partial charge on any atom is -0.494 e. The fourth-order valence-corrected chi connectivity index (χ4v) is 4.77. The van der Waals surface area contributed by atoms with E-state index in [9.17, 15) is 15.0 Å². The number of rotatable bonds is 6. The fraction of sp³-hybridized carbons (Fsp3) is 0.619. The molecule has 0 bridgehead atoms. The molecule has 0 saturated heterocycles. The van der Waals surface area contributed by atoms with Crippen LogP contribution in [0, 0.1) is 5.92 Å². The minimum atomic E-state index is -1.27. The van der Waals surface area contributed by atoms with Gasteiger partial charge in [-0.3, -0.25) is 9.88 Å². The minimum absolute atomic E-state index is 0.0266. The lowest BCUT2D eigenvalue weighted by atomic mass is 9.84. The van der Waals surface area contributed by atoms with E-state index in [1.54, 1.807) is 6.20 Å². The molecule has 2 aromatic heterocycles. The van der Waals surface area contributed by atoms with Crippen LogP contribution in [-0.4, -0.2) is 31.3 Å². The van der Waals surface area contributed by atoms with Crippen molar-refractivity contribution in [2.45, 2.75) is 78.1 Å². The molecule has 0 spiro atoms. The second-order valence-corrected chi connectivity index (χ2v) is 9.97. The third-order valence-corrected chi connectivity index (χ3v) is 5.80. The number of carbonyl (C=O) groups is 1. The largest absolute Gasteiger partial charge is 0.494 e. The van der Waals surface area contributed by atoms with Gasteiger partial charge in [0.05, 0.1) is 11.6 Å². The van der Waals surface area contributed by atoms with Crippen molar-refractivity contribution in [1.29, 1.82) is 0 Å². The van der Waals surface area contributed by atoms with Gasteiger partial charge in [-0.1, -0.05) is 20.8 Å². The first-order valence-electron chi connectivity index (χ1n) is 10.1. The molecule has 0 unspecified atom stereocenters. The first-order valence-corrected chi connectivity index (χ1v) is 10.9. The molecule has 0 aromatic carbocycles. The van der Waals surface area contributed by atoms with Crippen LogP contribution in [0.3, 0.4) is 0 Å². The highest BCUT2D eigenvalue weighted by Gasteiger charge is 2.56. The van der Waals surface area contributed by atoms with Crippen LogP contribution in [0.2, 0.25) is 0 Å². The van der Waals surface area contributed by atoms with E-state index in [1.807, 2.05) is 46.9 Å². The number of esters is 1. The quantitative estimate of drug-likeness (QED) is 0.609. The van der Waals surface area contributed by atoms with Crippen molar-refractivity contribution < 1.29 is 19.7 Å². The topological polar surface area (TPSA) is 96.6 Å². The summed E-state index contributed by atoms with van der Waals surface area (Å²) in [5.41, 5.74) is -1.04. The Morgan fingerprint density at radius 2 is 2.07 bits per heavy atom. The normalized spacial score (nSPS) is 21.6. The highest BCUT2D eigenvalue weighted by molar-refractivity contribution is 7.09. The number of hydrogen-bond donors (Lipinski definition) is 3. The van der Waals surface area contributed by atoms with Crippen LogP contribution < -0.4 is 5.32 Å². The van der Waals surface area contributed by atoms with E-state index in [0.29, 0.717) is 24.1 Å². The highest BCUT2D eigenvalue weighted by atomic mass is 32.1. The molecule has 2 atom stereocenters. The zero-order chi connectivity index (χ0) is 21.6. The summed E-state index contributed by atoms with van der Waals surface area (Å²) in [6, 6.07) is -0.500. The van der Waals surface area contributed by atoms with Crippen molar-refractivity contribution in [2.24, 2.45) is 5.92 Å². The third kappa shape index (κ3) is 3.75. The van der Waals surface area contributed by atoms with Crippen LogP contribution >= 0.6 is 11.3 Å². The SMILES string of the molecule is CCCn1c(O)c2c(c1O)[C@@](CC(C)C)(C(=O)OC(C)(C)C)N[C@H]2c1nccs1. The summed E-state index contributed by atoms with van der Waals surface area (Å²) < 4.78 is 7.27. The number of carbonyl (C=O) groups excluding carboxylic acids is 1. The molecule has 0 fully saturated rings. The van der Waals surface area contributed by atoms with Gasteiger partial charge in [0, 0.05) is 23.7 Å². The Kier molecular flexibility index (Phi) is 5.71. The van der Waals surface area contributed by atoms with E-state index in [1.165, 1.54) is 15.9 Å². The van der Waals surface area contributed by atoms with Gasteiger partial charge in [-0.25, -0.2) is 9.78 Å². The Hall–Kier alpha value is -2.06. The molecule has 3 N–H and O–H groups in total. The molecule has 1 aliphatic heterocycles. The summed E-state index contributed by atoms with van der Waals surface area (Å²) >= 11 is 1.44. The molecular formula is C21H31N3O4S. The van der Waals surface area contributed by atoms with Crippen molar-refractivity contribution in [3.63, 3.8) is 0 Å². The van der Waals surface area contributed by atoms with Gasteiger partial charge in [0.1, 0.15) is 16.1 Å². The van der Waals surface area contributed by atoms with Crippen LogP contribution in [0.25, 0.3) is 0 Å². The summed E-state index contributed by atoms with van der Waals surface area (Å²) in [5.74, 6) is -0.435. The van der Waals surface area contributed by atoms with Crippen LogP contribution in [0.4, 0.5) is 0 Å². The molecule has 0 radical (unpaired) electrons. The van der Waals surface area contributed by atoms with Crippen LogP contribution in [0.15, 0.2) is 11.6 Å². The van der Waals surface area contributed by atoms with Crippen LogP contribution in [0.5, 0.6) is 11.8 Å². The number of hydrogen-bond acceptors (Lipinski definition) is 7. The maximum atomic E-state index is 13.5. The number of aromatic hydroxyl groups is 2. The van der Waals surface area contributed by atoms with Crippen molar-refractivity contribution in [1.82, 2.24) is 14.9 Å². The standard InChI is InChI=1S/C21H31N3O4S/c1-7-9-24-17(25)13-14(18(24)26)21(11-12(2)3,19(27)28-20(4,5)6)23-15(13)16-22-8-10-29-16/h8,10,12,15,23,25-26H,7,9,11H2,1-6H3/t15-,21+/m1/s1. The van der Waals surface area contributed by atoms with E-state index in [0.717, 1.165) is 11.4 Å². The molecule has 29 heavy (non-hydrogen) atoms. The second kappa shape index (κ2) is 7.65. The lowest BCUT2D eigenvalue weighted by Crippen LogP contribution is -2.50. The summed E-state index contributed by atoms with van der Waals surface area (Å²) in [6.07, 6.45) is 2.84. The van der Waals surface area contributed by atoms with Gasteiger partial charge in [-0.15, -0.1) is 11.3 Å². The molecule has 1 aliphatic rings. The van der Waals surface area contributed by atoms with Crippen LogP contribution in [0.1, 0.15) is 76.6 Å². The molecule has 0 amide bonds. The maximum Gasteiger partial charge on any atom is 0.331 e. The van der Waals surface area contributed by atoms with Gasteiger partial charge in [0.25, 0.3) is 0 Å². The molecule has 8 heteroatoms. The van der Waals surface area contributed by atoms with Gasteiger partial charge in [0.2, 0.25) is 0 Å². The Labute approximate surface area is 175 Å². The Balaban J connectivity index is 2.25. The Morgan fingerprint density at radius 1 is 1.38 bits per heavy atom. The molecule has 160 valence electrons. The summed E-state index contributed by atoms with van der Waals surface area (Å²) in [7, 11) is 0. The van der Waals surface area contributed by atoms with E-state index >= 15 is 0 Å². The lowest BCUT2D eigenvalue weighted by Gasteiger charge is -2.34. The predicted octanol–water partition coefficient (Wildman–Crippen LogP) is 4.04. The van der Waals surface area contributed by atoms with Crippen molar-refractivity contribution in [3.8, 4) is 11.8 Å². The summed E-state index contributed by atoms with van der Waals surface area (Å²) in [6.45, 7) is 11.9. The van der Waals surface area contributed by atoms with Gasteiger partial charge >= 0.3 is 5.97 Å². The molecule has 0 aliphatic carbocycles. The first-order chi connectivity index (χ1) is 13.5. The van der Waals surface area contributed by atoms with Crippen molar-refractivity contribution in [3.05, 3.63) is 27.7 Å². The fourth-order valence-electron chi connectivity index (χ4n) is 4.08. The number of thiazole rings is 1. The lowest BCUT2D eigenvalue weighted by molar-refractivity contribution is -0.164.